The first-order chi connectivity index (χ1) is 6.75. The van der Waals surface area contributed by atoms with E-state index >= 15 is 0 Å². The number of nitrogens with zero attached hydrogens (tertiary/aromatic N) is 3. The number of hydrogen-bond donors (Lipinski definition) is 0. The van der Waals surface area contributed by atoms with Crippen molar-refractivity contribution >= 4 is 15.9 Å². The zero-order valence-electron chi connectivity index (χ0n) is 7.81. The first-order valence-corrected chi connectivity index (χ1v) is 5.14. The van der Waals surface area contributed by atoms with Crippen LogP contribution in [0.4, 0.5) is 0 Å². The highest BCUT2D eigenvalue weighted by molar-refractivity contribution is 9.10. The van der Waals surface area contributed by atoms with E-state index in [1.807, 2.05) is 23.6 Å². The van der Waals surface area contributed by atoms with Crippen LogP contribution in [-0.2, 0) is 6.54 Å². The Bertz CT molecular complexity index is 419. The SMILES string of the molecule is Cc1nncn1Cc1ccc(Br)cc1. The second-order valence-corrected chi connectivity index (χ2v) is 4.05. The van der Waals surface area contributed by atoms with Gasteiger partial charge < -0.3 is 4.57 Å². The van der Waals surface area contributed by atoms with Crippen LogP contribution in [0.1, 0.15) is 11.4 Å². The van der Waals surface area contributed by atoms with E-state index in [1.54, 1.807) is 6.33 Å². The standard InChI is InChI=1S/C10H10BrN3/c1-8-13-12-7-14(8)6-9-2-4-10(11)5-3-9/h2-5,7H,6H2,1H3. The Morgan fingerprint density at radius 1 is 1.29 bits per heavy atom. The molecule has 14 heavy (non-hydrogen) atoms. The van der Waals surface area contributed by atoms with Crippen molar-refractivity contribution in [3.8, 4) is 0 Å². The second-order valence-electron chi connectivity index (χ2n) is 3.13. The fraction of sp³-hybridized carbons (Fsp3) is 0.200. The van der Waals surface area contributed by atoms with Crippen LogP contribution in [0.25, 0.3) is 0 Å². The fourth-order valence-electron chi connectivity index (χ4n) is 1.25. The summed E-state index contributed by atoms with van der Waals surface area (Å²) in [6, 6.07) is 8.25. The Hall–Kier alpha value is -1.16. The molecule has 3 nitrogen and oxygen atoms in total. The molecule has 0 atom stereocenters. The summed E-state index contributed by atoms with van der Waals surface area (Å²) in [5, 5.41) is 7.77. The van der Waals surface area contributed by atoms with Crippen molar-refractivity contribution in [2.75, 3.05) is 0 Å². The summed E-state index contributed by atoms with van der Waals surface area (Å²) < 4.78 is 3.12. The van der Waals surface area contributed by atoms with Gasteiger partial charge in [0.25, 0.3) is 0 Å². The number of halogens is 1. The van der Waals surface area contributed by atoms with Gasteiger partial charge in [-0.25, -0.2) is 0 Å². The molecule has 1 aromatic heterocycles. The minimum Gasteiger partial charge on any atom is -0.313 e. The lowest BCUT2D eigenvalue weighted by atomic mass is 10.2. The lowest BCUT2D eigenvalue weighted by molar-refractivity contribution is 0.761. The molecule has 0 saturated heterocycles. The van der Waals surface area contributed by atoms with Gasteiger partial charge in [0, 0.05) is 4.47 Å². The number of hydrogen-bond acceptors (Lipinski definition) is 2. The normalized spacial score (nSPS) is 10.4. The van der Waals surface area contributed by atoms with Crippen LogP contribution in [0.3, 0.4) is 0 Å². The largest absolute Gasteiger partial charge is 0.313 e. The van der Waals surface area contributed by atoms with E-state index in [4.69, 9.17) is 0 Å². The van der Waals surface area contributed by atoms with E-state index in [9.17, 15) is 0 Å². The Morgan fingerprint density at radius 2 is 2.00 bits per heavy atom. The van der Waals surface area contributed by atoms with Crippen LogP contribution < -0.4 is 0 Å². The van der Waals surface area contributed by atoms with Gasteiger partial charge in [-0.05, 0) is 24.6 Å². The highest BCUT2D eigenvalue weighted by Gasteiger charge is 1.99. The predicted molar refractivity (Wildman–Crippen MR) is 58.0 cm³/mol. The predicted octanol–water partition coefficient (Wildman–Crippen LogP) is 2.40. The Kier molecular flexibility index (Phi) is 2.63. The Labute approximate surface area is 90.9 Å². The molecule has 0 spiro atoms. The summed E-state index contributed by atoms with van der Waals surface area (Å²) in [5.74, 6) is 0.938. The van der Waals surface area contributed by atoms with Gasteiger partial charge >= 0.3 is 0 Å². The molecule has 0 N–H and O–H groups in total. The summed E-state index contributed by atoms with van der Waals surface area (Å²) in [6.07, 6.45) is 1.75. The molecule has 0 aliphatic rings. The highest BCUT2D eigenvalue weighted by atomic mass is 79.9. The highest BCUT2D eigenvalue weighted by Crippen LogP contribution is 2.11. The van der Waals surface area contributed by atoms with Crippen LogP contribution in [0, 0.1) is 6.92 Å². The molecule has 1 aromatic carbocycles. The van der Waals surface area contributed by atoms with Crippen molar-refractivity contribution < 1.29 is 0 Å². The number of aromatic nitrogens is 3. The molecule has 1 heterocycles. The average molecular weight is 252 g/mol. The monoisotopic (exact) mass is 251 g/mol. The number of aryl methyl sites for hydroxylation is 1. The van der Waals surface area contributed by atoms with E-state index in [-0.39, 0.29) is 0 Å². The summed E-state index contributed by atoms with van der Waals surface area (Å²) >= 11 is 3.41. The molecule has 4 heteroatoms. The quantitative estimate of drug-likeness (QED) is 0.821. The third-order valence-corrected chi connectivity index (χ3v) is 2.60. The third-order valence-electron chi connectivity index (χ3n) is 2.08. The molecular formula is C10H10BrN3. The maximum absolute atomic E-state index is 3.93. The van der Waals surface area contributed by atoms with Gasteiger partial charge in [0.2, 0.25) is 0 Å². The van der Waals surface area contributed by atoms with Gasteiger partial charge in [0.05, 0.1) is 6.54 Å². The van der Waals surface area contributed by atoms with Crippen LogP contribution >= 0.6 is 15.9 Å². The van der Waals surface area contributed by atoms with Crippen LogP contribution in [-0.4, -0.2) is 14.8 Å². The van der Waals surface area contributed by atoms with Gasteiger partial charge in [-0.15, -0.1) is 10.2 Å². The smallest absolute Gasteiger partial charge is 0.129 e. The van der Waals surface area contributed by atoms with E-state index in [2.05, 4.69) is 38.3 Å². The maximum Gasteiger partial charge on any atom is 0.129 e. The minimum atomic E-state index is 0.826. The van der Waals surface area contributed by atoms with Crippen molar-refractivity contribution in [2.24, 2.45) is 0 Å². The molecule has 0 aliphatic carbocycles. The Balaban J connectivity index is 2.19. The van der Waals surface area contributed by atoms with E-state index in [0.717, 1.165) is 16.8 Å². The molecule has 0 aliphatic heterocycles. The van der Waals surface area contributed by atoms with E-state index in [0.29, 0.717) is 0 Å². The lowest BCUT2D eigenvalue weighted by Gasteiger charge is -2.03. The molecule has 72 valence electrons. The molecule has 0 bridgehead atoms. The first-order valence-electron chi connectivity index (χ1n) is 4.34. The summed E-state index contributed by atoms with van der Waals surface area (Å²) in [5.41, 5.74) is 1.25. The third kappa shape index (κ3) is 2.01. The van der Waals surface area contributed by atoms with Gasteiger partial charge in [-0.1, -0.05) is 28.1 Å². The van der Waals surface area contributed by atoms with Crippen LogP contribution in [0.5, 0.6) is 0 Å². The molecule has 2 rings (SSSR count). The fourth-order valence-corrected chi connectivity index (χ4v) is 1.52. The van der Waals surface area contributed by atoms with Gasteiger partial charge in [-0.2, -0.15) is 0 Å². The second kappa shape index (κ2) is 3.92. The van der Waals surface area contributed by atoms with Gasteiger partial charge in [0.1, 0.15) is 12.2 Å². The summed E-state index contributed by atoms with van der Waals surface area (Å²) in [4.78, 5) is 0. The summed E-state index contributed by atoms with van der Waals surface area (Å²) in [6.45, 7) is 2.78. The van der Waals surface area contributed by atoms with Crippen LogP contribution in [0.15, 0.2) is 35.1 Å². The number of rotatable bonds is 2. The molecule has 0 amide bonds. The molecule has 0 unspecified atom stereocenters. The van der Waals surface area contributed by atoms with E-state index < -0.39 is 0 Å². The molecular weight excluding hydrogens is 242 g/mol. The maximum atomic E-state index is 3.93. The summed E-state index contributed by atoms with van der Waals surface area (Å²) in [7, 11) is 0. The van der Waals surface area contributed by atoms with Crippen molar-refractivity contribution in [1.82, 2.24) is 14.8 Å². The van der Waals surface area contributed by atoms with E-state index in [1.165, 1.54) is 5.56 Å². The van der Waals surface area contributed by atoms with Crippen molar-refractivity contribution in [2.45, 2.75) is 13.5 Å². The van der Waals surface area contributed by atoms with Gasteiger partial charge in [0.15, 0.2) is 0 Å². The van der Waals surface area contributed by atoms with Crippen molar-refractivity contribution in [1.29, 1.82) is 0 Å². The number of benzene rings is 1. The topological polar surface area (TPSA) is 30.7 Å². The molecule has 2 aromatic rings. The molecule has 0 radical (unpaired) electrons. The Morgan fingerprint density at radius 3 is 2.57 bits per heavy atom. The average Bonchev–Trinajstić information content (AvgIpc) is 2.56. The van der Waals surface area contributed by atoms with Crippen LogP contribution in [0.2, 0.25) is 0 Å². The minimum absolute atomic E-state index is 0.826. The van der Waals surface area contributed by atoms with Crippen molar-refractivity contribution in [3.63, 3.8) is 0 Å². The van der Waals surface area contributed by atoms with Gasteiger partial charge in [-0.3, -0.25) is 0 Å². The lowest BCUT2D eigenvalue weighted by Crippen LogP contribution is -2.00. The molecule has 0 fully saturated rings. The first kappa shape index (κ1) is 9.40. The molecule has 0 saturated carbocycles. The zero-order chi connectivity index (χ0) is 9.97. The zero-order valence-corrected chi connectivity index (χ0v) is 9.40. The van der Waals surface area contributed by atoms with Crippen molar-refractivity contribution in [3.05, 3.63) is 46.5 Å².